The number of anilines is 8. The van der Waals surface area contributed by atoms with Crippen molar-refractivity contribution in [2.24, 2.45) is 0 Å². The number of piperazine rings is 4. The highest BCUT2D eigenvalue weighted by Crippen LogP contribution is 2.32. The number of hydrogen-bond acceptors (Lipinski definition) is 21. The lowest BCUT2D eigenvalue weighted by molar-refractivity contribution is -0.910. The normalized spacial score (nSPS) is 20.0. The van der Waals surface area contributed by atoms with Crippen LogP contribution in [0.15, 0.2) is 46.2 Å². The van der Waals surface area contributed by atoms with E-state index in [4.69, 9.17) is 34.2 Å². The second kappa shape index (κ2) is 22.2. The second-order valence-corrected chi connectivity index (χ2v) is 23.1. The van der Waals surface area contributed by atoms with E-state index in [1.165, 1.54) is 18.2 Å². The van der Waals surface area contributed by atoms with Crippen molar-refractivity contribution in [3.63, 3.8) is 0 Å². The van der Waals surface area contributed by atoms with Crippen LogP contribution in [0.3, 0.4) is 0 Å². The van der Waals surface area contributed by atoms with Gasteiger partial charge in [-0.1, -0.05) is 24.3 Å². The summed E-state index contributed by atoms with van der Waals surface area (Å²) in [7, 11) is 8.07. The lowest BCUT2D eigenvalue weighted by Gasteiger charge is -2.42. The number of aliphatic hydroxyl groups excluding tert-OH is 2. The van der Waals surface area contributed by atoms with E-state index in [1.54, 1.807) is 30.3 Å². The fourth-order valence-electron chi connectivity index (χ4n) is 9.30. The minimum atomic E-state index is -5.00. The molecule has 0 radical (unpaired) electrons. The Morgan fingerprint density at radius 2 is 0.972 bits per heavy atom. The molecule has 0 amide bonds. The number of quaternary nitrogens is 4. The van der Waals surface area contributed by atoms with E-state index >= 15 is 0 Å². The van der Waals surface area contributed by atoms with Gasteiger partial charge in [-0.05, 0) is 35.4 Å². The van der Waals surface area contributed by atoms with Crippen molar-refractivity contribution < 1.29 is 55.7 Å². The first-order valence-corrected chi connectivity index (χ1v) is 26.5. The zero-order chi connectivity index (χ0) is 51.3. The summed E-state index contributed by atoms with van der Waals surface area (Å²) >= 11 is 0.655. The van der Waals surface area contributed by atoms with Gasteiger partial charge in [-0.15, -0.1) is 0 Å². The Morgan fingerprint density at radius 1 is 0.597 bits per heavy atom. The van der Waals surface area contributed by atoms with Gasteiger partial charge in [0.1, 0.15) is 23.2 Å². The van der Waals surface area contributed by atoms with Crippen molar-refractivity contribution in [3.05, 3.63) is 47.5 Å². The Hall–Kier alpha value is -5.10. The summed E-state index contributed by atoms with van der Waals surface area (Å²) in [6, 6.07) is 9.66. The average Bonchev–Trinajstić information content (AvgIpc) is 3.33. The first-order valence-electron chi connectivity index (χ1n) is 24.4. The monoisotopic (exact) mass is 1040 g/mol. The minimum absolute atomic E-state index is 0.106. The van der Waals surface area contributed by atoms with Crippen molar-refractivity contribution in [1.29, 1.82) is 0 Å². The summed E-state index contributed by atoms with van der Waals surface area (Å²) in [5.41, 5.74) is 1.48. The maximum atomic E-state index is 12.9. The molecule has 26 heteroatoms. The molecule has 6 heterocycles. The fraction of sp³-hybridized carbons (Fsp3) is 0.565. The number of benzene rings is 2. The summed E-state index contributed by atoms with van der Waals surface area (Å²) in [6.07, 6.45) is 3.11. The van der Waals surface area contributed by atoms with Crippen LogP contribution in [0.5, 0.6) is 0 Å². The maximum absolute atomic E-state index is 12.9. The molecule has 4 aliphatic rings. The Bertz CT molecular complexity index is 2650. The third-order valence-electron chi connectivity index (χ3n) is 14.6. The average molecular weight is 1040 g/mol. The highest BCUT2D eigenvalue weighted by Gasteiger charge is 2.34. The molecule has 0 atom stereocenters. The highest BCUT2D eigenvalue weighted by atomic mass is 32.2. The summed E-state index contributed by atoms with van der Waals surface area (Å²) in [5.74, 6) is 2.61. The van der Waals surface area contributed by atoms with Crippen molar-refractivity contribution in [3.8, 4) is 0 Å². The number of nitrogens with zero attached hydrogens (tertiary/aromatic N) is 14. The van der Waals surface area contributed by atoms with Gasteiger partial charge in [-0.2, -0.15) is 34.2 Å². The van der Waals surface area contributed by atoms with Gasteiger partial charge in [0, 0.05) is 16.3 Å². The van der Waals surface area contributed by atoms with Gasteiger partial charge in [0.05, 0.1) is 177 Å². The number of hydrogen-bond donors (Lipinski definition) is 4. The molecule has 0 saturated carbocycles. The number of rotatable bonds is 18. The van der Waals surface area contributed by atoms with Crippen LogP contribution in [-0.4, -0.2) is 244 Å². The Labute approximate surface area is 426 Å². The maximum Gasteiger partial charge on any atom is 0.233 e. The van der Waals surface area contributed by atoms with E-state index in [0.29, 0.717) is 97.2 Å². The number of aromatic nitrogens is 6. The van der Waals surface area contributed by atoms with Gasteiger partial charge < -0.3 is 68.2 Å². The topological polar surface area (TPSA) is 254 Å². The van der Waals surface area contributed by atoms with Crippen LogP contribution in [0.1, 0.15) is 11.1 Å². The molecule has 4 N–H and O–H groups in total. The van der Waals surface area contributed by atoms with Gasteiger partial charge in [0.15, 0.2) is 0 Å². The summed E-state index contributed by atoms with van der Waals surface area (Å²) in [6.45, 7) is 14.2. The van der Waals surface area contributed by atoms with Gasteiger partial charge in [-0.3, -0.25) is 5.04 Å². The van der Waals surface area contributed by atoms with Crippen molar-refractivity contribution in [2.75, 3.05) is 204 Å². The molecule has 8 rings (SSSR count). The molecule has 2 aromatic heterocycles. The van der Waals surface area contributed by atoms with Crippen LogP contribution in [0.4, 0.5) is 47.1 Å². The Kier molecular flexibility index (Phi) is 16.4. The Balaban J connectivity index is 1.04. The van der Waals surface area contributed by atoms with E-state index in [-0.39, 0.29) is 30.4 Å². The van der Waals surface area contributed by atoms with Crippen LogP contribution in [0, 0.1) is 0 Å². The Morgan fingerprint density at radius 3 is 1.36 bits per heavy atom. The van der Waals surface area contributed by atoms with Crippen LogP contribution in [-0.2, 0) is 19.5 Å². The molecule has 392 valence electrons. The lowest BCUT2D eigenvalue weighted by Crippen LogP contribution is -2.58. The summed E-state index contributed by atoms with van der Waals surface area (Å²) in [5, 5.41) is 40.6. The molecule has 4 fully saturated rings. The van der Waals surface area contributed by atoms with Crippen molar-refractivity contribution in [1.82, 2.24) is 29.9 Å². The minimum Gasteiger partial charge on any atom is -0.744 e. The first kappa shape index (κ1) is 53.2. The predicted molar refractivity (Wildman–Crippen MR) is 272 cm³/mol. The number of nitrogens with one attached hydrogen (secondary N) is 2. The molecule has 4 aliphatic heterocycles. The quantitative estimate of drug-likeness (QED) is 0.0259. The van der Waals surface area contributed by atoms with Crippen molar-refractivity contribution >= 4 is 81.4 Å². The highest BCUT2D eigenvalue weighted by molar-refractivity contribution is 7.94. The van der Waals surface area contributed by atoms with Crippen LogP contribution in [0.2, 0.25) is 0 Å². The standard InChI is InChI=1S/C46H70N16O8S2/c1-59(2)21-13-55(14-22-59)43-49-41(50-45(53-43)57-17-25-61(5,26-18-57)29-31-63)47-37-11-9-35(39(33-37)71-70-69-65)7-8-36-10-12-38(34-40(36)72(66,67)68)48-42-51-44(56-15-23-60(3,4)24-16-56)54-46(52-42)58-19-27-62(6,28-20-58)30-32-64/h7-12,33-34,63-64H,13-32H2,1-6H3,(H2-2,47,48,49,50,51,52,53,54,65,66,67,68)/q+2/b8-7+. The molecule has 0 spiro atoms. The third-order valence-corrected chi connectivity index (χ3v) is 16.1. The number of likely N-dealkylation sites (N-methyl/N-ethyl adjacent to an activating group) is 4. The molecular weight excluding hydrogens is 969 g/mol. The van der Waals surface area contributed by atoms with E-state index in [2.05, 4.69) is 77.6 Å². The summed E-state index contributed by atoms with van der Waals surface area (Å²) in [4.78, 5) is 37.6. The van der Waals surface area contributed by atoms with E-state index in [1.807, 2.05) is 0 Å². The predicted octanol–water partition coefficient (Wildman–Crippen LogP) is 0.160. The van der Waals surface area contributed by atoms with Crippen LogP contribution < -0.4 is 35.5 Å². The molecule has 4 saturated heterocycles. The fourth-order valence-corrected chi connectivity index (χ4v) is 10.5. The van der Waals surface area contributed by atoms with E-state index < -0.39 is 15.0 Å². The molecule has 0 unspecified atom stereocenters. The van der Waals surface area contributed by atoms with Gasteiger partial charge in [-0.25, -0.2) is 8.42 Å². The lowest BCUT2D eigenvalue weighted by atomic mass is 10.1. The number of aliphatic hydroxyl groups is 2. The van der Waals surface area contributed by atoms with Gasteiger partial charge in [0.2, 0.25) is 35.7 Å². The SMILES string of the molecule is C[N+]1(C)CCN(c2nc(Nc3ccc(/C=C/c4ccc(Nc5nc(N6CC[N+](C)(C)CC6)nc(N6CC[N+](C)(CCO)CC6)n5)cc4S(=O)(=O)[O-])c(SOO[O-])c3)nc(N3CC[N+](C)(CCO)CC3)n2)CC1. The van der Waals surface area contributed by atoms with E-state index in [9.17, 15) is 28.4 Å². The molecule has 24 nitrogen and oxygen atoms in total. The molecule has 72 heavy (non-hydrogen) atoms. The molecular formula is C46H70N16O8S2+2. The third kappa shape index (κ3) is 13.5. The molecule has 0 aliphatic carbocycles. The largest absolute Gasteiger partial charge is 0.744 e. The van der Waals surface area contributed by atoms with E-state index in [0.717, 1.165) is 96.5 Å². The molecule has 0 bridgehead atoms. The molecule has 2 aromatic carbocycles. The zero-order valence-electron chi connectivity index (χ0n) is 42.2. The van der Waals surface area contributed by atoms with Gasteiger partial charge >= 0.3 is 0 Å². The van der Waals surface area contributed by atoms with Gasteiger partial charge in [0.25, 0.3) is 0 Å². The first-order chi connectivity index (χ1) is 34.2. The summed E-state index contributed by atoms with van der Waals surface area (Å²) < 4.78 is 46.7. The second-order valence-electron chi connectivity index (χ2n) is 21.0. The molecule has 4 aromatic rings. The van der Waals surface area contributed by atoms with Crippen LogP contribution in [0.25, 0.3) is 12.2 Å². The smallest absolute Gasteiger partial charge is 0.233 e. The van der Waals surface area contributed by atoms with Crippen LogP contribution >= 0.6 is 12.0 Å². The van der Waals surface area contributed by atoms with Crippen molar-refractivity contribution in [2.45, 2.75) is 9.79 Å². The zero-order valence-corrected chi connectivity index (χ0v) is 43.8.